The molecule has 21 heavy (non-hydrogen) atoms. The number of sulfone groups is 1. The SMILES string of the molecule is CC(C)C(C)S(=O)(=O)C(C)C(=O)Nc1ccc(N)cc1Cl. The molecule has 0 aliphatic rings. The third-order valence-corrected chi connectivity index (χ3v) is 6.66. The summed E-state index contributed by atoms with van der Waals surface area (Å²) in [5.41, 5.74) is 6.37. The Morgan fingerprint density at radius 1 is 1.24 bits per heavy atom. The minimum absolute atomic E-state index is 0.0645. The Morgan fingerprint density at radius 2 is 1.81 bits per heavy atom. The van der Waals surface area contributed by atoms with Crippen LogP contribution in [-0.4, -0.2) is 24.8 Å². The van der Waals surface area contributed by atoms with E-state index in [-0.39, 0.29) is 10.9 Å². The molecule has 1 amide bonds. The second-order valence-electron chi connectivity index (χ2n) is 5.41. The zero-order valence-corrected chi connectivity index (χ0v) is 14.1. The van der Waals surface area contributed by atoms with E-state index in [9.17, 15) is 13.2 Å². The summed E-state index contributed by atoms with van der Waals surface area (Å²) in [6.07, 6.45) is 0. The van der Waals surface area contributed by atoms with Gasteiger partial charge in [-0.25, -0.2) is 8.42 Å². The molecule has 0 saturated carbocycles. The van der Waals surface area contributed by atoms with Gasteiger partial charge in [-0.15, -0.1) is 0 Å². The molecular formula is C14H21ClN2O3S. The van der Waals surface area contributed by atoms with Gasteiger partial charge in [-0.05, 0) is 38.0 Å². The van der Waals surface area contributed by atoms with Crippen LogP contribution >= 0.6 is 11.6 Å². The highest BCUT2D eigenvalue weighted by Gasteiger charge is 2.34. The van der Waals surface area contributed by atoms with Gasteiger partial charge in [-0.1, -0.05) is 25.4 Å². The topological polar surface area (TPSA) is 89.3 Å². The molecule has 0 spiro atoms. The smallest absolute Gasteiger partial charge is 0.242 e. The molecule has 0 fully saturated rings. The van der Waals surface area contributed by atoms with Crippen LogP contribution in [0.1, 0.15) is 27.7 Å². The Morgan fingerprint density at radius 3 is 2.29 bits per heavy atom. The molecule has 1 aromatic rings. The number of halogens is 1. The zero-order chi connectivity index (χ0) is 16.4. The standard InChI is InChI=1S/C14H21ClN2O3S/c1-8(2)9(3)21(19,20)10(4)14(18)17-13-6-5-11(16)7-12(13)15/h5-10H,16H2,1-4H3,(H,17,18). The molecule has 0 radical (unpaired) electrons. The first-order valence-corrected chi connectivity index (χ1v) is 8.64. The number of benzene rings is 1. The van der Waals surface area contributed by atoms with Gasteiger partial charge in [-0.3, -0.25) is 4.79 Å². The molecule has 0 heterocycles. The first-order chi connectivity index (χ1) is 9.57. The van der Waals surface area contributed by atoms with Crippen molar-refractivity contribution in [2.75, 3.05) is 11.1 Å². The fourth-order valence-electron chi connectivity index (χ4n) is 1.72. The molecule has 118 valence electrons. The van der Waals surface area contributed by atoms with Crippen LogP contribution in [0.15, 0.2) is 18.2 Å². The summed E-state index contributed by atoms with van der Waals surface area (Å²) in [7, 11) is -3.56. The van der Waals surface area contributed by atoms with Crippen LogP contribution in [0.2, 0.25) is 5.02 Å². The molecule has 0 bridgehead atoms. The van der Waals surface area contributed by atoms with Crippen molar-refractivity contribution in [1.82, 2.24) is 0 Å². The van der Waals surface area contributed by atoms with Crippen molar-refractivity contribution in [3.8, 4) is 0 Å². The van der Waals surface area contributed by atoms with Crippen LogP contribution in [0.25, 0.3) is 0 Å². The van der Waals surface area contributed by atoms with Gasteiger partial charge in [0.15, 0.2) is 9.84 Å². The van der Waals surface area contributed by atoms with E-state index in [1.54, 1.807) is 19.1 Å². The molecule has 1 aromatic carbocycles. The molecule has 0 aliphatic carbocycles. The van der Waals surface area contributed by atoms with Crippen molar-refractivity contribution in [2.45, 2.75) is 38.2 Å². The Hall–Kier alpha value is -1.27. The lowest BCUT2D eigenvalue weighted by Gasteiger charge is -2.21. The summed E-state index contributed by atoms with van der Waals surface area (Å²) in [6, 6.07) is 4.62. The number of nitrogens with two attached hydrogens (primary N) is 1. The van der Waals surface area contributed by atoms with Gasteiger partial charge in [0.25, 0.3) is 0 Å². The first kappa shape index (κ1) is 17.8. The van der Waals surface area contributed by atoms with Crippen LogP contribution in [0.4, 0.5) is 11.4 Å². The van der Waals surface area contributed by atoms with Gasteiger partial charge in [0, 0.05) is 5.69 Å². The third kappa shape index (κ3) is 4.11. The van der Waals surface area contributed by atoms with E-state index >= 15 is 0 Å². The zero-order valence-electron chi connectivity index (χ0n) is 12.6. The van der Waals surface area contributed by atoms with Crippen molar-refractivity contribution in [2.24, 2.45) is 5.92 Å². The number of anilines is 2. The Labute approximate surface area is 130 Å². The van der Waals surface area contributed by atoms with Crippen LogP contribution in [0.3, 0.4) is 0 Å². The highest BCUT2D eigenvalue weighted by atomic mass is 35.5. The quantitative estimate of drug-likeness (QED) is 0.811. The Bertz CT molecular complexity index is 629. The second kappa shape index (κ2) is 6.66. The van der Waals surface area contributed by atoms with Crippen molar-refractivity contribution < 1.29 is 13.2 Å². The Balaban J connectivity index is 2.93. The van der Waals surface area contributed by atoms with E-state index in [4.69, 9.17) is 17.3 Å². The van der Waals surface area contributed by atoms with Gasteiger partial charge in [0.05, 0.1) is 16.0 Å². The van der Waals surface area contributed by atoms with Crippen molar-refractivity contribution >= 4 is 38.7 Å². The third-order valence-electron chi connectivity index (χ3n) is 3.57. The maximum atomic E-state index is 12.3. The number of nitrogens with one attached hydrogen (secondary N) is 1. The molecule has 0 aliphatic heterocycles. The number of hydrogen-bond donors (Lipinski definition) is 2. The highest BCUT2D eigenvalue weighted by Crippen LogP contribution is 2.25. The van der Waals surface area contributed by atoms with Crippen LogP contribution in [0.5, 0.6) is 0 Å². The van der Waals surface area contributed by atoms with E-state index in [0.29, 0.717) is 11.4 Å². The van der Waals surface area contributed by atoms with Gasteiger partial charge < -0.3 is 11.1 Å². The number of rotatable bonds is 5. The van der Waals surface area contributed by atoms with E-state index in [2.05, 4.69) is 5.32 Å². The normalized spacial score (nSPS) is 14.8. The fraction of sp³-hybridized carbons (Fsp3) is 0.500. The first-order valence-electron chi connectivity index (χ1n) is 6.66. The average Bonchev–Trinajstić information content (AvgIpc) is 2.39. The van der Waals surface area contributed by atoms with Gasteiger partial charge in [0.2, 0.25) is 5.91 Å². The van der Waals surface area contributed by atoms with E-state index in [1.807, 2.05) is 13.8 Å². The molecule has 0 saturated heterocycles. The lowest BCUT2D eigenvalue weighted by atomic mass is 10.2. The molecule has 1 rings (SSSR count). The molecule has 2 atom stereocenters. The minimum Gasteiger partial charge on any atom is -0.399 e. The number of carbonyl (C=O) groups excluding carboxylic acids is 1. The van der Waals surface area contributed by atoms with Crippen LogP contribution < -0.4 is 11.1 Å². The number of nitrogen functional groups attached to an aromatic ring is 1. The lowest BCUT2D eigenvalue weighted by Crippen LogP contribution is -2.39. The fourth-order valence-corrected chi connectivity index (χ4v) is 3.71. The van der Waals surface area contributed by atoms with E-state index < -0.39 is 26.2 Å². The molecule has 0 aromatic heterocycles. The number of hydrogen-bond acceptors (Lipinski definition) is 4. The molecular weight excluding hydrogens is 312 g/mol. The highest BCUT2D eigenvalue weighted by molar-refractivity contribution is 7.93. The average molecular weight is 333 g/mol. The Kier molecular flexibility index (Phi) is 5.64. The van der Waals surface area contributed by atoms with Crippen LogP contribution in [-0.2, 0) is 14.6 Å². The van der Waals surface area contributed by atoms with Gasteiger partial charge >= 0.3 is 0 Å². The van der Waals surface area contributed by atoms with Crippen LogP contribution in [0, 0.1) is 5.92 Å². The maximum Gasteiger partial charge on any atom is 0.242 e. The lowest BCUT2D eigenvalue weighted by molar-refractivity contribution is -0.115. The molecule has 3 N–H and O–H groups in total. The summed E-state index contributed by atoms with van der Waals surface area (Å²) in [5, 5.41) is 1.05. The van der Waals surface area contributed by atoms with E-state index in [0.717, 1.165) is 0 Å². The summed E-state index contributed by atoms with van der Waals surface area (Å²) in [5.74, 6) is -0.667. The summed E-state index contributed by atoms with van der Waals surface area (Å²) >= 11 is 5.96. The second-order valence-corrected chi connectivity index (χ2v) is 8.44. The van der Waals surface area contributed by atoms with Crippen molar-refractivity contribution in [1.29, 1.82) is 0 Å². The number of amides is 1. The largest absolute Gasteiger partial charge is 0.399 e. The summed E-state index contributed by atoms with van der Waals surface area (Å²) in [6.45, 7) is 6.61. The minimum atomic E-state index is -3.56. The summed E-state index contributed by atoms with van der Waals surface area (Å²) < 4.78 is 24.7. The van der Waals surface area contributed by atoms with E-state index in [1.165, 1.54) is 13.0 Å². The maximum absolute atomic E-state index is 12.3. The van der Waals surface area contributed by atoms with Gasteiger partial charge in [-0.2, -0.15) is 0 Å². The number of carbonyl (C=O) groups is 1. The monoisotopic (exact) mass is 332 g/mol. The van der Waals surface area contributed by atoms with Crippen molar-refractivity contribution in [3.05, 3.63) is 23.2 Å². The predicted molar refractivity (Wildman–Crippen MR) is 87.2 cm³/mol. The predicted octanol–water partition coefficient (Wildman–Crippen LogP) is 2.71. The van der Waals surface area contributed by atoms with Crippen molar-refractivity contribution in [3.63, 3.8) is 0 Å². The molecule has 2 unspecified atom stereocenters. The molecule has 5 nitrogen and oxygen atoms in total. The summed E-state index contributed by atoms with van der Waals surface area (Å²) in [4.78, 5) is 12.1. The van der Waals surface area contributed by atoms with Gasteiger partial charge in [0.1, 0.15) is 5.25 Å². The molecule has 7 heteroatoms.